The van der Waals surface area contributed by atoms with E-state index in [0.717, 1.165) is 6.07 Å². The summed E-state index contributed by atoms with van der Waals surface area (Å²) < 4.78 is 14.5. The minimum Gasteiger partial charge on any atom is -0.475 e. The number of hydrogen-bond acceptors (Lipinski definition) is 4. The smallest absolute Gasteiger partial charge is 0.375 e. The van der Waals surface area contributed by atoms with Gasteiger partial charge in [-0.1, -0.05) is 20.8 Å². The van der Waals surface area contributed by atoms with Crippen LogP contribution in [-0.2, 0) is 5.41 Å². The second-order valence-corrected chi connectivity index (χ2v) is 5.50. The van der Waals surface area contributed by atoms with Crippen molar-refractivity contribution in [1.29, 1.82) is 5.26 Å². The number of nitrogens with zero attached hydrogens (tertiary/aromatic N) is 4. The SMILES string of the molecule is CC(C)(C)c1nc(C(=O)O)nn1-c1ccc(F)cc1C#N. The van der Waals surface area contributed by atoms with Crippen LogP contribution in [0.2, 0.25) is 0 Å². The zero-order valence-corrected chi connectivity index (χ0v) is 11.8. The topological polar surface area (TPSA) is 91.8 Å². The number of benzene rings is 1. The van der Waals surface area contributed by atoms with E-state index >= 15 is 0 Å². The minimum atomic E-state index is -1.26. The van der Waals surface area contributed by atoms with Crippen molar-refractivity contribution in [3.8, 4) is 11.8 Å². The molecule has 0 amide bonds. The molecule has 0 aliphatic carbocycles. The first-order chi connectivity index (χ1) is 9.74. The van der Waals surface area contributed by atoms with E-state index in [9.17, 15) is 9.18 Å². The van der Waals surface area contributed by atoms with E-state index in [1.807, 2.05) is 26.8 Å². The van der Waals surface area contributed by atoms with Crippen molar-refractivity contribution in [2.24, 2.45) is 0 Å². The van der Waals surface area contributed by atoms with Gasteiger partial charge in [-0.25, -0.2) is 18.9 Å². The fourth-order valence-corrected chi connectivity index (χ4v) is 1.84. The summed E-state index contributed by atoms with van der Waals surface area (Å²) in [5, 5.41) is 22.1. The number of carboxylic acid groups (broad SMARTS) is 1. The Morgan fingerprint density at radius 1 is 1.43 bits per heavy atom. The highest BCUT2D eigenvalue weighted by Gasteiger charge is 2.27. The lowest BCUT2D eigenvalue weighted by molar-refractivity contribution is 0.0683. The van der Waals surface area contributed by atoms with Gasteiger partial charge in [0.1, 0.15) is 17.7 Å². The largest absolute Gasteiger partial charge is 0.475 e. The van der Waals surface area contributed by atoms with Crippen molar-refractivity contribution >= 4 is 5.97 Å². The predicted molar refractivity (Wildman–Crippen MR) is 71.7 cm³/mol. The Morgan fingerprint density at radius 2 is 2.10 bits per heavy atom. The molecule has 6 nitrogen and oxygen atoms in total. The Labute approximate surface area is 120 Å². The van der Waals surface area contributed by atoms with Crippen LogP contribution in [0, 0.1) is 17.1 Å². The molecule has 0 aliphatic rings. The van der Waals surface area contributed by atoms with Gasteiger partial charge in [-0.3, -0.25) is 0 Å². The van der Waals surface area contributed by atoms with Crippen LogP contribution in [-0.4, -0.2) is 25.8 Å². The van der Waals surface area contributed by atoms with Crippen molar-refractivity contribution in [2.45, 2.75) is 26.2 Å². The molecule has 0 saturated carbocycles. The highest BCUT2D eigenvalue weighted by atomic mass is 19.1. The van der Waals surface area contributed by atoms with E-state index in [1.54, 1.807) is 0 Å². The zero-order valence-electron chi connectivity index (χ0n) is 11.8. The molecule has 0 bridgehead atoms. The highest BCUT2D eigenvalue weighted by Crippen LogP contribution is 2.25. The average Bonchev–Trinajstić information content (AvgIpc) is 2.83. The summed E-state index contributed by atoms with van der Waals surface area (Å²) in [6.07, 6.45) is 0. The van der Waals surface area contributed by atoms with Crippen molar-refractivity contribution in [3.63, 3.8) is 0 Å². The van der Waals surface area contributed by atoms with Crippen molar-refractivity contribution in [3.05, 3.63) is 41.2 Å². The molecule has 0 spiro atoms. The first kappa shape index (κ1) is 14.7. The van der Waals surface area contributed by atoms with Gasteiger partial charge < -0.3 is 5.11 Å². The van der Waals surface area contributed by atoms with E-state index in [1.165, 1.54) is 16.8 Å². The molecule has 1 heterocycles. The molecule has 7 heteroatoms. The first-order valence-electron chi connectivity index (χ1n) is 6.15. The van der Waals surface area contributed by atoms with E-state index < -0.39 is 17.2 Å². The maximum atomic E-state index is 13.2. The van der Waals surface area contributed by atoms with Crippen LogP contribution in [0.1, 0.15) is 42.8 Å². The second-order valence-electron chi connectivity index (χ2n) is 5.50. The van der Waals surface area contributed by atoms with E-state index in [0.29, 0.717) is 11.5 Å². The standard InChI is InChI=1S/C14H13FN4O2/c1-14(2,3)13-17-11(12(20)21)18-19(13)10-5-4-9(15)6-8(10)7-16/h4-6H,1-3H3,(H,20,21). The molecule has 0 saturated heterocycles. The van der Waals surface area contributed by atoms with Crippen LogP contribution in [0.25, 0.3) is 5.69 Å². The van der Waals surface area contributed by atoms with Crippen molar-refractivity contribution in [1.82, 2.24) is 14.8 Å². The summed E-state index contributed by atoms with van der Waals surface area (Å²) in [6.45, 7) is 5.53. The molecule has 0 fully saturated rings. The molecular formula is C14H13FN4O2. The summed E-state index contributed by atoms with van der Waals surface area (Å²) >= 11 is 0. The number of aromatic carboxylic acids is 1. The van der Waals surface area contributed by atoms with Gasteiger partial charge in [-0.15, -0.1) is 5.10 Å². The molecule has 1 aromatic carbocycles. The highest BCUT2D eigenvalue weighted by molar-refractivity contribution is 5.83. The number of hydrogen-bond donors (Lipinski definition) is 1. The van der Waals surface area contributed by atoms with Crippen LogP contribution < -0.4 is 0 Å². The van der Waals surface area contributed by atoms with Gasteiger partial charge in [-0.2, -0.15) is 5.26 Å². The van der Waals surface area contributed by atoms with Gasteiger partial charge in [0, 0.05) is 5.41 Å². The van der Waals surface area contributed by atoms with Crippen LogP contribution in [0.5, 0.6) is 0 Å². The number of nitriles is 1. The van der Waals surface area contributed by atoms with Gasteiger partial charge in [0.05, 0.1) is 11.3 Å². The van der Waals surface area contributed by atoms with Gasteiger partial charge in [-0.05, 0) is 18.2 Å². The van der Waals surface area contributed by atoms with Crippen LogP contribution >= 0.6 is 0 Å². The fourth-order valence-electron chi connectivity index (χ4n) is 1.84. The third-order valence-electron chi connectivity index (χ3n) is 2.78. The summed E-state index contributed by atoms with van der Waals surface area (Å²) in [7, 11) is 0. The quantitative estimate of drug-likeness (QED) is 0.915. The molecular weight excluding hydrogens is 275 g/mol. The van der Waals surface area contributed by atoms with Crippen molar-refractivity contribution < 1.29 is 14.3 Å². The molecule has 21 heavy (non-hydrogen) atoms. The van der Waals surface area contributed by atoms with E-state index in [2.05, 4.69) is 10.1 Å². The van der Waals surface area contributed by atoms with Crippen LogP contribution in [0.3, 0.4) is 0 Å². The van der Waals surface area contributed by atoms with Crippen molar-refractivity contribution in [2.75, 3.05) is 0 Å². The lowest BCUT2D eigenvalue weighted by Crippen LogP contribution is -2.19. The third-order valence-corrected chi connectivity index (χ3v) is 2.78. The Hall–Kier alpha value is -2.75. The molecule has 108 valence electrons. The van der Waals surface area contributed by atoms with E-state index in [-0.39, 0.29) is 11.4 Å². The zero-order chi connectivity index (χ0) is 15.8. The van der Waals surface area contributed by atoms with E-state index in [4.69, 9.17) is 10.4 Å². The maximum Gasteiger partial charge on any atom is 0.375 e. The van der Waals surface area contributed by atoms with Crippen LogP contribution in [0.4, 0.5) is 4.39 Å². The number of carboxylic acids is 1. The number of rotatable bonds is 2. The fraction of sp³-hybridized carbons (Fsp3) is 0.286. The molecule has 0 unspecified atom stereocenters. The monoisotopic (exact) mass is 288 g/mol. The number of halogens is 1. The first-order valence-corrected chi connectivity index (χ1v) is 6.15. The third kappa shape index (κ3) is 2.74. The summed E-state index contributed by atoms with van der Waals surface area (Å²) in [6, 6.07) is 5.51. The predicted octanol–water partition coefficient (Wildman–Crippen LogP) is 2.27. The number of aromatic nitrogens is 3. The Balaban J connectivity index is 2.75. The lowest BCUT2D eigenvalue weighted by atomic mass is 9.95. The van der Waals surface area contributed by atoms with Gasteiger partial charge >= 0.3 is 5.97 Å². The Bertz CT molecular complexity index is 753. The second kappa shape index (κ2) is 4.98. The maximum absolute atomic E-state index is 13.2. The minimum absolute atomic E-state index is 0.0577. The Morgan fingerprint density at radius 3 is 2.62 bits per heavy atom. The molecule has 0 radical (unpaired) electrons. The molecule has 0 aliphatic heterocycles. The molecule has 0 atom stereocenters. The van der Waals surface area contributed by atoms with Crippen LogP contribution in [0.15, 0.2) is 18.2 Å². The average molecular weight is 288 g/mol. The van der Waals surface area contributed by atoms with Gasteiger partial charge in [0.25, 0.3) is 5.82 Å². The van der Waals surface area contributed by atoms with Gasteiger partial charge in [0.2, 0.25) is 0 Å². The summed E-state index contributed by atoms with van der Waals surface area (Å²) in [4.78, 5) is 15.1. The van der Waals surface area contributed by atoms with Gasteiger partial charge in [0.15, 0.2) is 0 Å². The normalized spacial score (nSPS) is 11.2. The molecule has 1 aromatic heterocycles. The Kier molecular flexibility index (Phi) is 3.47. The number of carbonyl (C=O) groups is 1. The molecule has 1 N–H and O–H groups in total. The molecule has 2 rings (SSSR count). The summed E-state index contributed by atoms with van der Waals surface area (Å²) in [5.74, 6) is -1.80. The lowest BCUT2D eigenvalue weighted by Gasteiger charge is -2.18. The summed E-state index contributed by atoms with van der Waals surface area (Å²) in [5.41, 5.74) is -0.145. The molecule has 2 aromatic rings.